The lowest BCUT2D eigenvalue weighted by molar-refractivity contribution is 0.0661. The second-order valence-electron chi connectivity index (χ2n) is 4.15. The van der Waals surface area contributed by atoms with Crippen molar-refractivity contribution in [3.63, 3.8) is 0 Å². The maximum atomic E-state index is 12.2. The molecule has 0 N–H and O–H groups in total. The molecule has 1 saturated heterocycles. The smallest absolute Gasteiger partial charge is 0.205 e. The molecular weight excluding hydrogens is 224 g/mol. The van der Waals surface area contributed by atoms with E-state index in [1.165, 1.54) is 0 Å². The number of aryl methyl sites for hydroxylation is 1. The normalized spacial score (nSPS) is 21.9. The molecule has 0 spiro atoms. The third-order valence-electron chi connectivity index (χ3n) is 2.83. The Hall–Kier alpha value is -0.870. The lowest BCUT2D eigenvalue weighted by Crippen LogP contribution is -2.28. The van der Waals surface area contributed by atoms with Crippen LogP contribution in [0.3, 0.4) is 0 Å². The van der Waals surface area contributed by atoms with E-state index in [2.05, 4.69) is 0 Å². The van der Waals surface area contributed by atoms with Crippen LogP contribution in [-0.2, 0) is 14.6 Å². The van der Waals surface area contributed by atoms with Crippen LogP contribution in [0.15, 0.2) is 29.2 Å². The summed E-state index contributed by atoms with van der Waals surface area (Å²) in [5.74, 6) is 0. The Morgan fingerprint density at radius 2 is 1.88 bits per heavy atom. The van der Waals surface area contributed by atoms with Crippen LogP contribution < -0.4 is 0 Å². The molecule has 1 fully saturated rings. The maximum Gasteiger partial charge on any atom is 0.205 e. The van der Waals surface area contributed by atoms with Crippen molar-refractivity contribution in [1.82, 2.24) is 0 Å². The van der Waals surface area contributed by atoms with E-state index >= 15 is 0 Å². The zero-order valence-electron chi connectivity index (χ0n) is 9.35. The van der Waals surface area contributed by atoms with Crippen molar-refractivity contribution < 1.29 is 13.2 Å². The van der Waals surface area contributed by atoms with Crippen molar-refractivity contribution in [3.8, 4) is 0 Å². The Bertz CT molecular complexity index is 442. The van der Waals surface area contributed by atoms with Crippen LogP contribution in [0.2, 0.25) is 0 Å². The highest BCUT2D eigenvalue weighted by Gasteiger charge is 2.29. The second-order valence-corrected chi connectivity index (χ2v) is 6.24. The molecule has 1 aliphatic rings. The zero-order valence-corrected chi connectivity index (χ0v) is 10.2. The fourth-order valence-electron chi connectivity index (χ4n) is 1.84. The summed E-state index contributed by atoms with van der Waals surface area (Å²) in [7, 11) is -3.30. The van der Waals surface area contributed by atoms with E-state index in [-0.39, 0.29) is 0 Å². The van der Waals surface area contributed by atoms with E-state index in [0.29, 0.717) is 17.9 Å². The van der Waals surface area contributed by atoms with E-state index < -0.39 is 15.3 Å². The average molecular weight is 240 g/mol. The quantitative estimate of drug-likeness (QED) is 0.796. The summed E-state index contributed by atoms with van der Waals surface area (Å²) >= 11 is 0. The topological polar surface area (TPSA) is 43.4 Å². The van der Waals surface area contributed by atoms with E-state index in [1.54, 1.807) is 12.1 Å². The highest BCUT2D eigenvalue weighted by molar-refractivity contribution is 7.91. The molecule has 0 aliphatic carbocycles. The molecule has 1 heterocycles. The van der Waals surface area contributed by atoms with Gasteiger partial charge >= 0.3 is 0 Å². The SMILES string of the molecule is Cc1ccc(S(=O)(=O)C2CCCCO2)cc1. The van der Waals surface area contributed by atoms with Gasteiger partial charge in [-0.15, -0.1) is 0 Å². The standard InChI is InChI=1S/C12H16O3S/c1-10-5-7-11(8-6-10)16(13,14)12-4-2-3-9-15-12/h5-8,12H,2-4,9H2,1H3. The van der Waals surface area contributed by atoms with Gasteiger partial charge in [0.2, 0.25) is 9.84 Å². The average Bonchev–Trinajstić information content (AvgIpc) is 2.31. The molecule has 0 radical (unpaired) electrons. The summed E-state index contributed by atoms with van der Waals surface area (Å²) in [6, 6.07) is 6.94. The van der Waals surface area contributed by atoms with E-state index in [9.17, 15) is 8.42 Å². The maximum absolute atomic E-state index is 12.2. The van der Waals surface area contributed by atoms with Gasteiger partial charge < -0.3 is 4.74 Å². The van der Waals surface area contributed by atoms with Gasteiger partial charge in [-0.25, -0.2) is 8.42 Å². The lowest BCUT2D eigenvalue weighted by Gasteiger charge is -2.22. The van der Waals surface area contributed by atoms with Gasteiger partial charge in [0.15, 0.2) is 5.44 Å². The molecule has 1 aromatic carbocycles. The summed E-state index contributed by atoms with van der Waals surface area (Å²) in [6.45, 7) is 2.49. The molecule has 0 saturated carbocycles. The molecule has 1 atom stereocenters. The predicted molar refractivity (Wildman–Crippen MR) is 62.0 cm³/mol. The third kappa shape index (κ3) is 2.28. The summed E-state index contributed by atoms with van der Waals surface area (Å²) in [5.41, 5.74) is 0.410. The highest BCUT2D eigenvalue weighted by Crippen LogP contribution is 2.24. The van der Waals surface area contributed by atoms with Gasteiger partial charge in [0.25, 0.3) is 0 Å². The van der Waals surface area contributed by atoms with Crippen molar-refractivity contribution in [1.29, 1.82) is 0 Å². The minimum Gasteiger partial charge on any atom is -0.362 e. The minimum atomic E-state index is -3.30. The molecule has 3 nitrogen and oxygen atoms in total. The molecule has 1 unspecified atom stereocenters. The predicted octanol–water partition coefficient (Wildman–Crippen LogP) is 2.30. The van der Waals surface area contributed by atoms with Gasteiger partial charge in [-0.2, -0.15) is 0 Å². The molecule has 1 aromatic rings. The molecule has 1 aliphatic heterocycles. The van der Waals surface area contributed by atoms with Crippen LogP contribution >= 0.6 is 0 Å². The van der Waals surface area contributed by atoms with Crippen LogP contribution in [-0.4, -0.2) is 20.5 Å². The number of hydrogen-bond acceptors (Lipinski definition) is 3. The van der Waals surface area contributed by atoms with Gasteiger partial charge in [0, 0.05) is 6.61 Å². The van der Waals surface area contributed by atoms with E-state index in [4.69, 9.17) is 4.74 Å². The van der Waals surface area contributed by atoms with Gasteiger partial charge in [-0.05, 0) is 38.3 Å². The first-order valence-electron chi connectivity index (χ1n) is 5.53. The van der Waals surface area contributed by atoms with Crippen molar-refractivity contribution >= 4 is 9.84 Å². The first-order valence-corrected chi connectivity index (χ1v) is 7.07. The Kier molecular flexibility index (Phi) is 3.30. The summed E-state index contributed by atoms with van der Waals surface area (Å²) in [6.07, 6.45) is 2.49. The molecule has 16 heavy (non-hydrogen) atoms. The molecule has 2 rings (SSSR count). The van der Waals surface area contributed by atoms with Crippen LogP contribution in [0.25, 0.3) is 0 Å². The minimum absolute atomic E-state index is 0.366. The number of rotatable bonds is 2. The molecule has 0 amide bonds. The fourth-order valence-corrected chi connectivity index (χ4v) is 3.41. The van der Waals surface area contributed by atoms with Crippen LogP contribution in [0.1, 0.15) is 24.8 Å². The van der Waals surface area contributed by atoms with Gasteiger partial charge in [0.05, 0.1) is 4.90 Å². The monoisotopic (exact) mass is 240 g/mol. The zero-order chi connectivity index (χ0) is 11.6. The largest absolute Gasteiger partial charge is 0.362 e. The number of benzene rings is 1. The Balaban J connectivity index is 2.27. The summed E-state index contributed by atoms with van der Waals surface area (Å²) in [5, 5.41) is 0. The van der Waals surface area contributed by atoms with Gasteiger partial charge in [-0.1, -0.05) is 17.7 Å². The third-order valence-corrected chi connectivity index (χ3v) is 4.83. The van der Waals surface area contributed by atoms with Crippen molar-refractivity contribution in [2.75, 3.05) is 6.61 Å². The van der Waals surface area contributed by atoms with Crippen molar-refractivity contribution in [2.24, 2.45) is 0 Å². The van der Waals surface area contributed by atoms with Crippen molar-refractivity contribution in [2.45, 2.75) is 36.5 Å². The first kappa shape index (κ1) is 11.6. The Morgan fingerprint density at radius 3 is 2.44 bits per heavy atom. The number of ether oxygens (including phenoxy) is 1. The molecule has 0 bridgehead atoms. The molecule has 88 valence electrons. The van der Waals surface area contributed by atoms with Crippen LogP contribution in [0.5, 0.6) is 0 Å². The lowest BCUT2D eigenvalue weighted by atomic mass is 10.2. The summed E-state index contributed by atoms with van der Waals surface area (Å²) < 4.78 is 29.7. The van der Waals surface area contributed by atoms with Crippen molar-refractivity contribution in [3.05, 3.63) is 29.8 Å². The molecular formula is C12H16O3S. The summed E-state index contributed by atoms with van der Waals surface area (Å²) in [4.78, 5) is 0.366. The Labute approximate surface area is 96.4 Å². The van der Waals surface area contributed by atoms with Crippen LogP contribution in [0, 0.1) is 6.92 Å². The Morgan fingerprint density at radius 1 is 1.19 bits per heavy atom. The first-order chi connectivity index (χ1) is 7.60. The number of sulfone groups is 1. The van der Waals surface area contributed by atoms with Crippen LogP contribution in [0.4, 0.5) is 0 Å². The fraction of sp³-hybridized carbons (Fsp3) is 0.500. The van der Waals surface area contributed by atoms with Gasteiger partial charge in [-0.3, -0.25) is 0 Å². The van der Waals surface area contributed by atoms with Gasteiger partial charge in [0.1, 0.15) is 0 Å². The van der Waals surface area contributed by atoms with E-state index in [1.807, 2.05) is 19.1 Å². The molecule has 4 heteroatoms. The number of hydrogen-bond donors (Lipinski definition) is 0. The van der Waals surface area contributed by atoms with E-state index in [0.717, 1.165) is 18.4 Å². The second kappa shape index (κ2) is 4.55. The molecule has 0 aromatic heterocycles. The highest BCUT2D eigenvalue weighted by atomic mass is 32.2.